The topological polar surface area (TPSA) is 86.1 Å². The van der Waals surface area contributed by atoms with Gasteiger partial charge in [-0.2, -0.15) is 0 Å². The van der Waals surface area contributed by atoms with E-state index < -0.39 is 0 Å². The summed E-state index contributed by atoms with van der Waals surface area (Å²) in [4.78, 5) is 43.8. The maximum atomic E-state index is 13.2. The molecule has 3 atom stereocenters. The maximum absolute atomic E-state index is 13.2. The van der Waals surface area contributed by atoms with Crippen molar-refractivity contribution in [2.75, 3.05) is 32.7 Å². The lowest BCUT2D eigenvalue weighted by Crippen LogP contribution is -2.62. The molecule has 5 rings (SSSR count). The highest BCUT2D eigenvalue weighted by Crippen LogP contribution is 2.38. The molecule has 4 aliphatic heterocycles. The van der Waals surface area contributed by atoms with Crippen LogP contribution in [0.3, 0.4) is 0 Å². The molecule has 0 radical (unpaired) electrons. The second-order valence-electron chi connectivity index (χ2n) is 9.30. The van der Waals surface area contributed by atoms with Crippen molar-refractivity contribution in [3.05, 3.63) is 24.2 Å². The smallest absolute Gasteiger partial charge is 0.320 e. The van der Waals surface area contributed by atoms with E-state index in [2.05, 4.69) is 10.2 Å². The molecule has 30 heavy (non-hydrogen) atoms. The number of urea groups is 1. The quantitative estimate of drug-likeness (QED) is 0.801. The first-order chi connectivity index (χ1) is 14.6. The zero-order valence-corrected chi connectivity index (χ0v) is 17.3. The number of nitrogens with zero attached hydrogens (tertiary/aromatic N) is 3. The average Bonchev–Trinajstić information content (AvgIpc) is 3.30. The highest BCUT2D eigenvalue weighted by atomic mass is 16.3. The number of hydrogen-bond acceptors (Lipinski definition) is 4. The van der Waals surface area contributed by atoms with Crippen molar-refractivity contribution in [3.8, 4) is 0 Å². The number of likely N-dealkylation sites (tertiary alicyclic amines) is 2. The molecule has 0 aromatic carbocycles. The molecule has 1 N–H and O–H groups in total. The summed E-state index contributed by atoms with van der Waals surface area (Å²) in [5, 5.41) is 3.04. The van der Waals surface area contributed by atoms with Crippen LogP contribution in [0.2, 0.25) is 0 Å². The number of nitrogens with one attached hydrogen (secondary N) is 1. The molecule has 0 spiro atoms. The summed E-state index contributed by atoms with van der Waals surface area (Å²) < 4.78 is 4.97. The third-order valence-electron chi connectivity index (χ3n) is 7.33. The van der Waals surface area contributed by atoms with Gasteiger partial charge in [0.15, 0.2) is 0 Å². The molecule has 2 unspecified atom stereocenters. The lowest BCUT2D eigenvalue weighted by molar-refractivity contribution is -0.144. The van der Waals surface area contributed by atoms with Gasteiger partial charge < -0.3 is 24.4 Å². The van der Waals surface area contributed by atoms with Crippen molar-refractivity contribution >= 4 is 17.8 Å². The largest absolute Gasteiger partial charge is 0.472 e. The summed E-state index contributed by atoms with van der Waals surface area (Å²) in [7, 11) is 0. The van der Waals surface area contributed by atoms with Gasteiger partial charge in [0.05, 0.1) is 11.8 Å². The van der Waals surface area contributed by atoms with E-state index in [4.69, 9.17) is 4.42 Å². The van der Waals surface area contributed by atoms with Crippen molar-refractivity contribution in [1.82, 2.24) is 20.0 Å². The highest BCUT2D eigenvalue weighted by molar-refractivity contribution is 5.94. The zero-order chi connectivity index (χ0) is 20.7. The van der Waals surface area contributed by atoms with Gasteiger partial charge in [-0.1, -0.05) is 0 Å². The highest BCUT2D eigenvalue weighted by Gasteiger charge is 2.45. The Labute approximate surface area is 176 Å². The van der Waals surface area contributed by atoms with Crippen LogP contribution in [-0.2, 0) is 4.79 Å². The van der Waals surface area contributed by atoms with Crippen LogP contribution in [0.15, 0.2) is 23.0 Å². The molecule has 5 heterocycles. The summed E-state index contributed by atoms with van der Waals surface area (Å²) >= 11 is 0. The van der Waals surface area contributed by atoms with Crippen LogP contribution in [0.5, 0.6) is 0 Å². The summed E-state index contributed by atoms with van der Waals surface area (Å²) in [5.74, 6) is 1.000. The third kappa shape index (κ3) is 3.68. The lowest BCUT2D eigenvalue weighted by atomic mass is 9.76. The van der Waals surface area contributed by atoms with Gasteiger partial charge in [0, 0.05) is 51.2 Å². The fraction of sp³-hybridized carbons (Fsp3) is 0.682. The maximum Gasteiger partial charge on any atom is 0.320 e. The van der Waals surface area contributed by atoms with E-state index in [9.17, 15) is 14.4 Å². The van der Waals surface area contributed by atoms with Gasteiger partial charge in [0.25, 0.3) is 5.91 Å². The molecule has 4 saturated heterocycles. The lowest BCUT2D eigenvalue weighted by Gasteiger charge is -2.53. The number of hydrogen-bond donors (Lipinski definition) is 1. The fourth-order valence-electron chi connectivity index (χ4n) is 5.84. The Bertz CT molecular complexity index is 802. The number of amides is 4. The summed E-state index contributed by atoms with van der Waals surface area (Å²) in [5.41, 5.74) is 0.531. The molecule has 4 amide bonds. The molecule has 0 aliphatic carbocycles. The van der Waals surface area contributed by atoms with Gasteiger partial charge in [0.2, 0.25) is 5.91 Å². The van der Waals surface area contributed by atoms with Gasteiger partial charge >= 0.3 is 6.03 Å². The molecule has 1 aromatic heterocycles. The van der Waals surface area contributed by atoms with Crippen molar-refractivity contribution in [1.29, 1.82) is 0 Å². The average molecular weight is 415 g/mol. The minimum absolute atomic E-state index is 0.0824. The Morgan fingerprint density at radius 3 is 2.67 bits per heavy atom. The van der Waals surface area contributed by atoms with E-state index >= 15 is 0 Å². The molecule has 8 heteroatoms. The van der Waals surface area contributed by atoms with Crippen LogP contribution in [0, 0.1) is 11.8 Å². The molecular weight excluding hydrogens is 384 g/mol. The van der Waals surface area contributed by atoms with Gasteiger partial charge in [-0.25, -0.2) is 4.79 Å². The molecule has 8 nitrogen and oxygen atoms in total. The number of carbonyl (C=O) groups excluding carboxylic acids is 3. The van der Waals surface area contributed by atoms with Crippen LogP contribution < -0.4 is 5.32 Å². The number of furan rings is 1. The Morgan fingerprint density at radius 1 is 1.07 bits per heavy atom. The van der Waals surface area contributed by atoms with E-state index in [-0.39, 0.29) is 18.0 Å². The SMILES string of the molecule is O=C(NC1CCN(C(=O)N2CC3CC(C2)[C@H]2CCCC(=O)N2C3)CC1)c1ccoc1. The third-order valence-corrected chi connectivity index (χ3v) is 7.33. The van der Waals surface area contributed by atoms with E-state index in [1.807, 2.05) is 9.80 Å². The first-order valence-electron chi connectivity index (χ1n) is 11.2. The Hall–Kier alpha value is -2.51. The van der Waals surface area contributed by atoms with Crippen LogP contribution in [-0.4, -0.2) is 77.4 Å². The summed E-state index contributed by atoms with van der Waals surface area (Å²) in [6.07, 6.45) is 8.35. The molecule has 4 aliphatic rings. The second kappa shape index (κ2) is 7.96. The van der Waals surface area contributed by atoms with Crippen molar-refractivity contribution in [2.45, 2.75) is 50.6 Å². The van der Waals surface area contributed by atoms with Crippen molar-refractivity contribution in [3.63, 3.8) is 0 Å². The normalized spacial score (nSPS) is 29.5. The molecule has 2 bridgehead atoms. The number of carbonyl (C=O) groups is 3. The van der Waals surface area contributed by atoms with E-state index in [0.29, 0.717) is 48.9 Å². The Kier molecular flexibility index (Phi) is 5.16. The first-order valence-corrected chi connectivity index (χ1v) is 11.2. The summed E-state index contributed by atoms with van der Waals surface area (Å²) in [6.45, 7) is 3.65. The van der Waals surface area contributed by atoms with Crippen molar-refractivity contribution in [2.24, 2.45) is 11.8 Å². The Morgan fingerprint density at radius 2 is 1.90 bits per heavy atom. The van der Waals surface area contributed by atoms with Crippen LogP contribution in [0.1, 0.15) is 48.9 Å². The fourth-order valence-corrected chi connectivity index (χ4v) is 5.84. The van der Waals surface area contributed by atoms with Gasteiger partial charge in [0.1, 0.15) is 6.26 Å². The van der Waals surface area contributed by atoms with Gasteiger partial charge in [-0.3, -0.25) is 9.59 Å². The number of rotatable bonds is 2. The minimum atomic E-state index is -0.121. The van der Waals surface area contributed by atoms with Crippen LogP contribution in [0.4, 0.5) is 4.79 Å². The van der Waals surface area contributed by atoms with E-state index in [0.717, 1.165) is 51.7 Å². The van der Waals surface area contributed by atoms with Crippen LogP contribution in [0.25, 0.3) is 0 Å². The van der Waals surface area contributed by atoms with Gasteiger partial charge in [-0.05, 0) is 50.0 Å². The number of fused-ring (bicyclic) bond motifs is 4. The predicted molar refractivity (Wildman–Crippen MR) is 109 cm³/mol. The summed E-state index contributed by atoms with van der Waals surface area (Å²) in [6, 6.07) is 2.18. The predicted octanol–water partition coefficient (Wildman–Crippen LogP) is 1.93. The number of piperidine rings is 4. The zero-order valence-electron chi connectivity index (χ0n) is 17.3. The minimum Gasteiger partial charge on any atom is -0.472 e. The molecular formula is C22H30N4O4. The van der Waals surface area contributed by atoms with Crippen LogP contribution >= 0.6 is 0 Å². The first kappa shape index (κ1) is 19.5. The van der Waals surface area contributed by atoms with Crippen molar-refractivity contribution < 1.29 is 18.8 Å². The molecule has 0 saturated carbocycles. The van der Waals surface area contributed by atoms with E-state index in [1.165, 1.54) is 12.5 Å². The standard InChI is InChI=1S/C22H30N4O4/c27-20-3-1-2-19-17-10-15(12-26(19)20)11-25(13-17)22(29)24-7-4-18(5-8-24)23-21(28)16-6-9-30-14-16/h6,9,14-15,17-19H,1-5,7-8,10-13H2,(H,23,28)/t15?,17?,19-/m1/s1. The Balaban J connectivity index is 1.15. The molecule has 4 fully saturated rings. The van der Waals surface area contributed by atoms with Gasteiger partial charge in [-0.15, -0.1) is 0 Å². The second-order valence-corrected chi connectivity index (χ2v) is 9.30. The monoisotopic (exact) mass is 414 g/mol. The molecule has 1 aromatic rings. The van der Waals surface area contributed by atoms with E-state index in [1.54, 1.807) is 6.07 Å². The molecule has 162 valence electrons.